The second kappa shape index (κ2) is 4.04. The molecule has 1 aromatic rings. The highest BCUT2D eigenvalue weighted by atomic mass is 16.1. The zero-order valence-corrected chi connectivity index (χ0v) is 9.67. The van der Waals surface area contributed by atoms with Crippen LogP contribution in [0.5, 0.6) is 0 Å². The van der Waals surface area contributed by atoms with Gasteiger partial charge < -0.3 is 0 Å². The molecular weight excluding hydrogens is 196 g/mol. The van der Waals surface area contributed by atoms with Gasteiger partial charge in [-0.15, -0.1) is 0 Å². The Kier molecular flexibility index (Phi) is 2.55. The van der Waals surface area contributed by atoms with Gasteiger partial charge in [-0.1, -0.05) is 18.2 Å². The molecule has 0 aliphatic heterocycles. The van der Waals surface area contributed by atoms with Crippen LogP contribution >= 0.6 is 0 Å². The van der Waals surface area contributed by atoms with Crippen LogP contribution in [-0.2, 0) is 24.1 Å². The Morgan fingerprint density at radius 2 is 2.00 bits per heavy atom. The van der Waals surface area contributed by atoms with Crippen molar-refractivity contribution >= 4 is 5.78 Å². The number of hydrogen-bond donors (Lipinski definition) is 0. The Morgan fingerprint density at radius 3 is 2.81 bits per heavy atom. The van der Waals surface area contributed by atoms with Crippen molar-refractivity contribution in [3.05, 3.63) is 34.9 Å². The molecule has 0 unspecified atom stereocenters. The Balaban J connectivity index is 1.63. The first kappa shape index (κ1) is 10.1. The minimum atomic E-state index is 0.425. The fourth-order valence-corrected chi connectivity index (χ4v) is 2.66. The van der Waals surface area contributed by atoms with Gasteiger partial charge in [-0.05, 0) is 55.2 Å². The lowest BCUT2D eigenvalue weighted by Crippen LogP contribution is -2.02. The van der Waals surface area contributed by atoms with Crippen molar-refractivity contribution in [3.63, 3.8) is 0 Å². The van der Waals surface area contributed by atoms with E-state index >= 15 is 0 Å². The summed E-state index contributed by atoms with van der Waals surface area (Å²) in [5.41, 5.74) is 4.41. The van der Waals surface area contributed by atoms with E-state index in [1.54, 1.807) is 0 Å². The number of carbonyl (C=O) groups is 1. The van der Waals surface area contributed by atoms with Crippen molar-refractivity contribution < 1.29 is 4.79 Å². The van der Waals surface area contributed by atoms with Crippen LogP contribution in [0.25, 0.3) is 0 Å². The molecule has 0 aromatic heterocycles. The van der Waals surface area contributed by atoms with E-state index in [9.17, 15) is 4.79 Å². The molecule has 1 heteroatoms. The average Bonchev–Trinajstić information content (AvgIpc) is 3.04. The topological polar surface area (TPSA) is 17.1 Å². The molecule has 3 rings (SSSR count). The number of rotatable bonds is 4. The molecule has 16 heavy (non-hydrogen) atoms. The third-order valence-corrected chi connectivity index (χ3v) is 3.86. The Hall–Kier alpha value is -1.11. The van der Waals surface area contributed by atoms with Crippen LogP contribution in [0.15, 0.2) is 18.2 Å². The van der Waals surface area contributed by atoms with E-state index < -0.39 is 0 Å². The smallest absolute Gasteiger partial charge is 0.136 e. The van der Waals surface area contributed by atoms with Crippen molar-refractivity contribution in [3.8, 4) is 0 Å². The summed E-state index contributed by atoms with van der Waals surface area (Å²) < 4.78 is 0. The highest BCUT2D eigenvalue weighted by Crippen LogP contribution is 2.31. The number of aryl methyl sites for hydroxylation is 3. The third kappa shape index (κ3) is 2.04. The maximum atomic E-state index is 11.6. The predicted molar refractivity (Wildman–Crippen MR) is 64.5 cm³/mol. The van der Waals surface area contributed by atoms with Gasteiger partial charge in [-0.25, -0.2) is 0 Å². The van der Waals surface area contributed by atoms with Gasteiger partial charge in [-0.3, -0.25) is 4.79 Å². The van der Waals surface area contributed by atoms with Crippen molar-refractivity contribution in [1.82, 2.24) is 0 Å². The predicted octanol–water partition coefficient (Wildman–Crippen LogP) is 3.09. The summed E-state index contributed by atoms with van der Waals surface area (Å²) in [6, 6.07) is 6.80. The monoisotopic (exact) mass is 214 g/mol. The average molecular weight is 214 g/mol. The van der Waals surface area contributed by atoms with Crippen molar-refractivity contribution in [2.24, 2.45) is 5.92 Å². The van der Waals surface area contributed by atoms with Crippen LogP contribution < -0.4 is 0 Å². The molecule has 2 aliphatic carbocycles. The SMILES string of the molecule is O=C(CCc1ccc2c(c1)CCC2)C1CC1. The summed E-state index contributed by atoms with van der Waals surface area (Å²) in [6.45, 7) is 0. The van der Waals surface area contributed by atoms with Crippen LogP contribution in [0.4, 0.5) is 0 Å². The van der Waals surface area contributed by atoms with Crippen LogP contribution in [0, 0.1) is 5.92 Å². The lowest BCUT2D eigenvalue weighted by molar-refractivity contribution is -0.120. The lowest BCUT2D eigenvalue weighted by atomic mass is 10.0. The first-order valence-corrected chi connectivity index (χ1v) is 6.46. The molecule has 84 valence electrons. The van der Waals surface area contributed by atoms with E-state index in [2.05, 4.69) is 18.2 Å². The highest BCUT2D eigenvalue weighted by molar-refractivity contribution is 5.83. The zero-order valence-electron chi connectivity index (χ0n) is 9.67. The fourth-order valence-electron chi connectivity index (χ4n) is 2.66. The standard InChI is InChI=1S/C15H18O/c16-15(13-7-8-13)9-5-11-4-6-12-2-1-3-14(12)10-11/h4,6,10,13H,1-3,5,7-9H2. The van der Waals surface area contributed by atoms with Gasteiger partial charge in [0.15, 0.2) is 0 Å². The van der Waals surface area contributed by atoms with Gasteiger partial charge in [0.05, 0.1) is 0 Å². The molecule has 0 N–H and O–H groups in total. The third-order valence-electron chi connectivity index (χ3n) is 3.86. The Morgan fingerprint density at radius 1 is 1.19 bits per heavy atom. The van der Waals surface area contributed by atoms with E-state index in [1.165, 1.54) is 36.0 Å². The van der Waals surface area contributed by atoms with Gasteiger partial charge in [-0.2, -0.15) is 0 Å². The zero-order chi connectivity index (χ0) is 11.0. The van der Waals surface area contributed by atoms with E-state index in [1.807, 2.05) is 0 Å². The molecule has 0 amide bonds. The number of benzene rings is 1. The molecule has 1 aromatic carbocycles. The first-order chi connectivity index (χ1) is 7.83. The van der Waals surface area contributed by atoms with Crippen molar-refractivity contribution in [2.45, 2.75) is 44.9 Å². The lowest BCUT2D eigenvalue weighted by Gasteiger charge is -2.04. The molecule has 0 bridgehead atoms. The quantitative estimate of drug-likeness (QED) is 0.752. The van der Waals surface area contributed by atoms with Gasteiger partial charge in [0.1, 0.15) is 5.78 Å². The van der Waals surface area contributed by atoms with Crippen LogP contribution in [0.3, 0.4) is 0 Å². The molecule has 1 fully saturated rings. The number of fused-ring (bicyclic) bond motifs is 1. The summed E-state index contributed by atoms with van der Waals surface area (Å²) in [5.74, 6) is 0.912. The molecule has 0 radical (unpaired) electrons. The van der Waals surface area contributed by atoms with E-state index in [4.69, 9.17) is 0 Å². The summed E-state index contributed by atoms with van der Waals surface area (Å²) in [4.78, 5) is 11.6. The van der Waals surface area contributed by atoms with Gasteiger partial charge >= 0.3 is 0 Å². The van der Waals surface area contributed by atoms with Crippen molar-refractivity contribution in [2.75, 3.05) is 0 Å². The van der Waals surface area contributed by atoms with Crippen molar-refractivity contribution in [1.29, 1.82) is 0 Å². The van der Waals surface area contributed by atoms with E-state index in [-0.39, 0.29) is 0 Å². The second-order valence-corrected chi connectivity index (χ2v) is 5.20. The molecule has 1 saturated carbocycles. The molecule has 0 heterocycles. The first-order valence-electron chi connectivity index (χ1n) is 6.46. The number of hydrogen-bond acceptors (Lipinski definition) is 1. The fraction of sp³-hybridized carbons (Fsp3) is 0.533. The summed E-state index contributed by atoms with van der Waals surface area (Å²) in [6.07, 6.45) is 7.77. The number of ketones is 1. The summed E-state index contributed by atoms with van der Waals surface area (Å²) in [5, 5.41) is 0. The number of Topliss-reactive ketones (excluding diaryl/α,β-unsaturated/α-hetero) is 1. The summed E-state index contributed by atoms with van der Waals surface area (Å²) >= 11 is 0. The molecule has 0 spiro atoms. The molecular formula is C15H18O. The van der Waals surface area contributed by atoms with Crippen LogP contribution in [0.2, 0.25) is 0 Å². The van der Waals surface area contributed by atoms with Gasteiger partial charge in [0.25, 0.3) is 0 Å². The summed E-state index contributed by atoms with van der Waals surface area (Å²) in [7, 11) is 0. The van der Waals surface area contributed by atoms with Crippen LogP contribution in [-0.4, -0.2) is 5.78 Å². The minimum Gasteiger partial charge on any atom is -0.299 e. The number of carbonyl (C=O) groups excluding carboxylic acids is 1. The second-order valence-electron chi connectivity index (χ2n) is 5.20. The normalized spacial score (nSPS) is 18.5. The van der Waals surface area contributed by atoms with E-state index in [0.29, 0.717) is 11.7 Å². The van der Waals surface area contributed by atoms with E-state index in [0.717, 1.165) is 25.7 Å². The molecule has 0 atom stereocenters. The van der Waals surface area contributed by atoms with Crippen LogP contribution in [0.1, 0.15) is 42.4 Å². The Labute approximate surface area is 96.9 Å². The van der Waals surface area contributed by atoms with Gasteiger partial charge in [0.2, 0.25) is 0 Å². The maximum absolute atomic E-state index is 11.6. The Bertz CT molecular complexity index is 415. The largest absolute Gasteiger partial charge is 0.299 e. The van der Waals surface area contributed by atoms with Gasteiger partial charge in [0, 0.05) is 12.3 Å². The molecule has 0 saturated heterocycles. The molecule has 2 aliphatic rings. The highest BCUT2D eigenvalue weighted by Gasteiger charge is 2.28. The minimum absolute atomic E-state index is 0.425. The molecule has 1 nitrogen and oxygen atoms in total. The maximum Gasteiger partial charge on any atom is 0.136 e.